The van der Waals surface area contributed by atoms with Gasteiger partial charge in [0, 0.05) is 0 Å². The van der Waals surface area contributed by atoms with Gasteiger partial charge in [0.2, 0.25) is 0 Å². The molecule has 0 saturated carbocycles. The zero-order chi connectivity index (χ0) is 38.8. The molecule has 0 aromatic rings. The van der Waals surface area contributed by atoms with Crippen molar-refractivity contribution in [3.63, 3.8) is 0 Å². The van der Waals surface area contributed by atoms with Crippen molar-refractivity contribution in [2.75, 3.05) is 13.2 Å². The van der Waals surface area contributed by atoms with Crippen molar-refractivity contribution in [2.24, 2.45) is 0 Å². The summed E-state index contributed by atoms with van der Waals surface area (Å²) < 4.78 is 33.9. The molecule has 0 aromatic carbocycles. The third-order valence-electron chi connectivity index (χ3n) is 13.1. The Labute approximate surface area is 323 Å². The number of allylic oxidation sites excluding steroid dienone is 1. The first-order chi connectivity index (χ1) is 23.1. The van der Waals surface area contributed by atoms with E-state index in [1.807, 2.05) is 0 Å². The van der Waals surface area contributed by atoms with Gasteiger partial charge in [0.25, 0.3) is 0 Å². The van der Waals surface area contributed by atoms with Crippen LogP contribution in [0.3, 0.4) is 0 Å². The zero-order valence-electron chi connectivity index (χ0n) is 37.3. The Kier molecular flexibility index (Phi) is 24.1. The van der Waals surface area contributed by atoms with Crippen LogP contribution in [0.1, 0.15) is 154 Å². The van der Waals surface area contributed by atoms with E-state index in [0.717, 1.165) is 38.9 Å². The van der Waals surface area contributed by atoms with Crippen LogP contribution in [0.2, 0.25) is 72.1 Å². The predicted octanol–water partition coefficient (Wildman–Crippen LogP) is 15.1. The number of hydrogen-bond acceptors (Lipinski definition) is 4. The van der Waals surface area contributed by atoms with Gasteiger partial charge in [0.1, 0.15) is 0 Å². The molecule has 300 valence electrons. The molecular formula is C42H92O4Si3Sn. The van der Waals surface area contributed by atoms with E-state index in [1.165, 1.54) is 74.4 Å². The van der Waals surface area contributed by atoms with Crippen LogP contribution in [-0.4, -0.2) is 68.2 Å². The molecule has 0 fully saturated rings. The van der Waals surface area contributed by atoms with Gasteiger partial charge in [0.05, 0.1) is 0 Å². The maximum atomic E-state index is 7.49. The van der Waals surface area contributed by atoms with Crippen LogP contribution in [0.4, 0.5) is 0 Å². The van der Waals surface area contributed by atoms with Crippen LogP contribution >= 0.6 is 0 Å². The van der Waals surface area contributed by atoms with Gasteiger partial charge in [-0.1, -0.05) is 20.8 Å². The molecule has 0 aliphatic rings. The fourth-order valence-electron chi connectivity index (χ4n) is 6.90. The van der Waals surface area contributed by atoms with E-state index in [-0.39, 0.29) is 16.2 Å². The van der Waals surface area contributed by atoms with Gasteiger partial charge in [0.15, 0.2) is 0 Å². The quantitative estimate of drug-likeness (QED) is 0.0426. The molecule has 0 spiro atoms. The Morgan fingerprint density at radius 1 is 0.600 bits per heavy atom. The standard InChI is InChI=1S/C30H65O4Si3.3C4H9.Sn/c1-16-24-31-27(22-20-25-32-35(12,13)28(5,6)7)30(11,34-36(14,15)29(8,9)10)23-21-26-33-37(17-2,18-3)19-4;3*1-3-4-2;/h16,24,27H,1,17-23,25-26H2,2-15H3;3*1,3-4H2,2H3;/b24-16-;;;;/t27-,30+;;;;/m1..../s1. The maximum absolute atomic E-state index is 7.49. The number of unbranched alkanes of at least 4 members (excludes halogenated alkanes) is 3. The van der Waals surface area contributed by atoms with E-state index >= 15 is 0 Å². The molecule has 0 aromatic heterocycles. The Morgan fingerprint density at radius 3 is 1.48 bits per heavy atom. The molecule has 0 aliphatic carbocycles. The van der Waals surface area contributed by atoms with Crippen LogP contribution < -0.4 is 0 Å². The van der Waals surface area contributed by atoms with Crippen LogP contribution in [0.25, 0.3) is 0 Å². The molecule has 0 aliphatic heterocycles. The Hall–Kier alpha value is 0.869. The van der Waals surface area contributed by atoms with E-state index < -0.39 is 48.9 Å². The van der Waals surface area contributed by atoms with Crippen molar-refractivity contribution in [3.05, 3.63) is 12.3 Å². The summed E-state index contributed by atoms with van der Waals surface area (Å²) in [5.41, 5.74) is -0.393. The first kappa shape index (κ1) is 50.9. The van der Waals surface area contributed by atoms with E-state index in [4.69, 9.17) is 18.0 Å². The van der Waals surface area contributed by atoms with Gasteiger partial charge in [-0.3, -0.25) is 0 Å². The molecule has 0 unspecified atom stereocenters. The second kappa shape index (κ2) is 23.7. The van der Waals surface area contributed by atoms with Crippen LogP contribution in [-0.2, 0) is 18.0 Å². The first-order valence-corrected chi connectivity index (χ1v) is 37.8. The molecule has 8 heteroatoms. The Balaban J connectivity index is 6.51. The Morgan fingerprint density at radius 2 is 1.06 bits per heavy atom. The van der Waals surface area contributed by atoms with Crippen LogP contribution in [0.5, 0.6) is 0 Å². The van der Waals surface area contributed by atoms with Gasteiger partial charge in [-0.2, -0.15) is 0 Å². The van der Waals surface area contributed by atoms with Gasteiger partial charge in [-0.15, -0.1) is 0 Å². The number of rotatable bonds is 29. The van der Waals surface area contributed by atoms with E-state index in [1.54, 1.807) is 0 Å². The summed E-state index contributed by atoms with van der Waals surface area (Å²) in [6.45, 7) is 41.8. The topological polar surface area (TPSA) is 36.9 Å². The van der Waals surface area contributed by atoms with E-state index in [0.29, 0.717) is 0 Å². The SMILES string of the molecule is CCC[CH2][Sn]([CH2]/C=C\O[C@H](CCCO[Si](C)(C)C(C)(C)C)[C@](C)(CCCO[Si](CC)(CC)CC)O[Si](C)(C)C(C)(C)C)([CH2]CCC)[CH2]CCC. The molecule has 2 atom stereocenters. The van der Waals surface area contributed by atoms with Crippen molar-refractivity contribution >= 4 is 43.3 Å². The van der Waals surface area contributed by atoms with Crippen molar-refractivity contribution in [1.29, 1.82) is 0 Å². The zero-order valence-corrected chi connectivity index (χ0v) is 43.2. The number of ether oxygens (including phenoxy) is 1. The molecule has 0 radical (unpaired) electrons. The molecule has 0 bridgehead atoms. The average molecular weight is 864 g/mol. The molecule has 0 saturated heterocycles. The van der Waals surface area contributed by atoms with Gasteiger partial charge in [-0.05, 0) is 0 Å². The minimum absolute atomic E-state index is 0.0204. The summed E-state index contributed by atoms with van der Waals surface area (Å²) in [5, 5.41) is 0.336. The van der Waals surface area contributed by atoms with Gasteiger partial charge in [-0.25, -0.2) is 0 Å². The third-order valence-corrected chi connectivity index (χ3v) is 42.1. The third kappa shape index (κ3) is 17.6. The Bertz CT molecular complexity index is 878. The monoisotopic (exact) mass is 865 g/mol. The number of hydrogen-bond donors (Lipinski definition) is 0. The molecule has 4 nitrogen and oxygen atoms in total. The fourth-order valence-corrected chi connectivity index (χ4v) is 27.4. The van der Waals surface area contributed by atoms with Crippen molar-refractivity contribution in [1.82, 2.24) is 0 Å². The second-order valence-electron chi connectivity index (χ2n) is 19.1. The molecule has 50 heavy (non-hydrogen) atoms. The minimum atomic E-state index is -2.29. The molecule has 0 N–H and O–H groups in total. The summed E-state index contributed by atoms with van der Waals surface area (Å²) in [6.07, 6.45) is 16.7. The molecule has 0 amide bonds. The van der Waals surface area contributed by atoms with Gasteiger partial charge < -0.3 is 0 Å². The van der Waals surface area contributed by atoms with Crippen molar-refractivity contribution in [3.8, 4) is 0 Å². The summed E-state index contributed by atoms with van der Waals surface area (Å²) in [6, 6.07) is 3.59. The van der Waals surface area contributed by atoms with Crippen LogP contribution in [0, 0.1) is 0 Å². The average Bonchev–Trinajstić information content (AvgIpc) is 3.03. The second-order valence-corrected chi connectivity index (χ2v) is 47.5. The van der Waals surface area contributed by atoms with Gasteiger partial charge >= 0.3 is 304 Å². The predicted molar refractivity (Wildman–Crippen MR) is 235 cm³/mol. The van der Waals surface area contributed by atoms with Crippen LogP contribution in [0.15, 0.2) is 12.3 Å². The van der Waals surface area contributed by atoms with E-state index in [9.17, 15) is 0 Å². The summed E-state index contributed by atoms with van der Waals surface area (Å²) >= 11 is -2.29. The first-order valence-electron chi connectivity index (χ1n) is 21.4. The molecule has 0 rings (SSSR count). The normalized spacial score (nSPS) is 15.9. The summed E-state index contributed by atoms with van der Waals surface area (Å²) in [7, 11) is -5.54. The van der Waals surface area contributed by atoms with E-state index in [2.05, 4.69) is 129 Å². The molecular weight excluding hydrogens is 771 g/mol. The van der Waals surface area contributed by atoms with Crippen molar-refractivity contribution < 1.29 is 18.0 Å². The molecule has 0 heterocycles. The summed E-state index contributed by atoms with van der Waals surface area (Å²) in [4.78, 5) is 0. The summed E-state index contributed by atoms with van der Waals surface area (Å²) in [5.74, 6) is 0. The van der Waals surface area contributed by atoms with Crippen molar-refractivity contribution in [2.45, 2.75) is 238 Å². The fraction of sp³-hybridized carbons (Fsp3) is 0.952.